The van der Waals surface area contributed by atoms with Crippen LogP contribution in [0.2, 0.25) is 0 Å². The zero-order valence-corrected chi connectivity index (χ0v) is 10.6. The number of amidine groups is 1. The number of nitrogens with two attached hydrogens (primary N) is 1. The van der Waals surface area contributed by atoms with E-state index in [9.17, 15) is 0 Å². The Hall–Kier alpha value is -1.78. The van der Waals surface area contributed by atoms with E-state index in [1.165, 1.54) is 12.0 Å². The van der Waals surface area contributed by atoms with Gasteiger partial charge in [-0.25, -0.2) is 4.98 Å². The molecule has 1 heterocycles. The highest BCUT2D eigenvalue weighted by molar-refractivity contribution is 5.99. The van der Waals surface area contributed by atoms with Gasteiger partial charge in [-0.2, -0.15) is 0 Å². The van der Waals surface area contributed by atoms with Crippen LogP contribution in [0.5, 0.6) is 5.88 Å². The quantitative estimate of drug-likeness (QED) is 0.369. The molecule has 0 radical (unpaired) electrons. The molecule has 98 valence electrons. The number of rotatable bonds is 4. The molecule has 5 nitrogen and oxygen atoms in total. The van der Waals surface area contributed by atoms with E-state index < -0.39 is 0 Å². The lowest BCUT2D eigenvalue weighted by Gasteiger charge is -2.18. The third kappa shape index (κ3) is 2.55. The molecule has 3 N–H and O–H groups in total. The van der Waals surface area contributed by atoms with Gasteiger partial charge in [0.15, 0.2) is 5.84 Å². The van der Waals surface area contributed by atoms with E-state index >= 15 is 0 Å². The summed E-state index contributed by atoms with van der Waals surface area (Å²) in [5.74, 6) is 0.537. The second-order valence-corrected chi connectivity index (χ2v) is 4.49. The highest BCUT2D eigenvalue weighted by atomic mass is 16.5. The summed E-state index contributed by atoms with van der Waals surface area (Å²) in [6.07, 6.45) is 5.21. The summed E-state index contributed by atoms with van der Waals surface area (Å²) >= 11 is 0. The number of aryl methyl sites for hydroxylation is 2. The molecule has 0 saturated carbocycles. The van der Waals surface area contributed by atoms with Gasteiger partial charge in [-0.15, -0.1) is 0 Å². The molecule has 0 amide bonds. The van der Waals surface area contributed by atoms with Crippen molar-refractivity contribution in [2.45, 2.75) is 39.0 Å². The minimum absolute atomic E-state index is 0.0574. The zero-order chi connectivity index (χ0) is 13.0. The van der Waals surface area contributed by atoms with E-state index in [0.29, 0.717) is 18.1 Å². The van der Waals surface area contributed by atoms with Gasteiger partial charge in [-0.05, 0) is 43.7 Å². The number of pyridine rings is 1. The van der Waals surface area contributed by atoms with Crippen LogP contribution in [0.4, 0.5) is 0 Å². The number of oxime groups is 1. The lowest BCUT2D eigenvalue weighted by Crippen LogP contribution is -2.18. The molecule has 18 heavy (non-hydrogen) atoms. The predicted octanol–water partition coefficient (Wildman–Crippen LogP) is 1.84. The Balaban J connectivity index is 2.40. The Bertz CT molecular complexity index is 458. The van der Waals surface area contributed by atoms with Crippen molar-refractivity contribution >= 4 is 5.84 Å². The van der Waals surface area contributed by atoms with Crippen molar-refractivity contribution in [3.8, 4) is 5.88 Å². The maximum absolute atomic E-state index is 8.82. The lowest BCUT2D eigenvalue weighted by molar-refractivity contribution is 0.301. The Kier molecular flexibility index (Phi) is 4.02. The van der Waals surface area contributed by atoms with Gasteiger partial charge < -0.3 is 15.7 Å². The molecule has 1 aliphatic rings. The highest BCUT2D eigenvalue weighted by Gasteiger charge is 2.18. The maximum Gasteiger partial charge on any atom is 0.224 e. The molecular weight excluding hydrogens is 230 g/mol. The van der Waals surface area contributed by atoms with Crippen molar-refractivity contribution < 1.29 is 9.94 Å². The first kappa shape index (κ1) is 12.7. The molecule has 0 unspecified atom stereocenters. The van der Waals surface area contributed by atoms with Crippen LogP contribution in [0.1, 0.15) is 43.0 Å². The minimum Gasteiger partial charge on any atom is -0.477 e. The number of nitrogens with zero attached hydrogens (tertiary/aromatic N) is 2. The van der Waals surface area contributed by atoms with E-state index in [-0.39, 0.29) is 5.84 Å². The summed E-state index contributed by atoms with van der Waals surface area (Å²) in [7, 11) is 0. The Labute approximate surface area is 107 Å². The fraction of sp³-hybridized carbons (Fsp3) is 0.538. The molecule has 2 rings (SSSR count). The van der Waals surface area contributed by atoms with Gasteiger partial charge in [0.05, 0.1) is 12.2 Å². The third-order valence-electron chi connectivity index (χ3n) is 3.09. The second-order valence-electron chi connectivity index (χ2n) is 4.49. The first-order valence-electron chi connectivity index (χ1n) is 6.39. The summed E-state index contributed by atoms with van der Waals surface area (Å²) in [5, 5.41) is 11.9. The van der Waals surface area contributed by atoms with Crippen LogP contribution in [-0.4, -0.2) is 22.6 Å². The summed E-state index contributed by atoms with van der Waals surface area (Å²) in [6, 6.07) is 1.95. The van der Waals surface area contributed by atoms with Crippen molar-refractivity contribution in [1.29, 1.82) is 0 Å². The summed E-state index contributed by atoms with van der Waals surface area (Å²) in [4.78, 5) is 4.53. The molecule has 5 heteroatoms. The summed E-state index contributed by atoms with van der Waals surface area (Å²) in [5.41, 5.74) is 8.54. The molecule has 0 saturated heterocycles. The first-order chi connectivity index (χ1) is 8.76. The fourth-order valence-corrected chi connectivity index (χ4v) is 2.16. The van der Waals surface area contributed by atoms with Crippen molar-refractivity contribution in [3.63, 3.8) is 0 Å². The Morgan fingerprint density at radius 3 is 3.00 bits per heavy atom. The van der Waals surface area contributed by atoms with Crippen molar-refractivity contribution in [3.05, 3.63) is 22.9 Å². The van der Waals surface area contributed by atoms with Crippen LogP contribution in [0.3, 0.4) is 0 Å². The van der Waals surface area contributed by atoms with Crippen LogP contribution < -0.4 is 10.5 Å². The summed E-state index contributed by atoms with van der Waals surface area (Å²) < 4.78 is 5.59. The molecule has 0 atom stereocenters. The SMILES string of the molecule is CCCOc1nc2c(cc1C(N)=NO)CCCC2. The molecule has 0 spiro atoms. The normalized spacial score (nSPS) is 15.3. The van der Waals surface area contributed by atoms with E-state index in [1.54, 1.807) is 0 Å². The third-order valence-corrected chi connectivity index (χ3v) is 3.09. The largest absolute Gasteiger partial charge is 0.477 e. The first-order valence-corrected chi connectivity index (χ1v) is 6.39. The van der Waals surface area contributed by atoms with Gasteiger partial charge in [0.25, 0.3) is 0 Å². The number of aromatic nitrogens is 1. The fourth-order valence-electron chi connectivity index (χ4n) is 2.16. The second kappa shape index (κ2) is 5.71. The molecule has 1 aliphatic carbocycles. The molecule has 0 bridgehead atoms. The van der Waals surface area contributed by atoms with E-state index in [4.69, 9.17) is 15.7 Å². The molecule has 0 aromatic carbocycles. The van der Waals surface area contributed by atoms with E-state index in [0.717, 1.165) is 31.4 Å². The monoisotopic (exact) mass is 249 g/mol. The molecule has 0 aliphatic heterocycles. The highest BCUT2D eigenvalue weighted by Crippen LogP contribution is 2.26. The molecule has 0 fully saturated rings. The number of fused-ring (bicyclic) bond motifs is 1. The molecule has 1 aromatic heterocycles. The van der Waals surface area contributed by atoms with E-state index in [1.807, 2.05) is 13.0 Å². The minimum atomic E-state index is 0.0574. The van der Waals surface area contributed by atoms with Crippen LogP contribution in [-0.2, 0) is 12.8 Å². The molecule has 1 aromatic rings. The van der Waals surface area contributed by atoms with Gasteiger partial charge in [0.1, 0.15) is 0 Å². The van der Waals surface area contributed by atoms with Gasteiger partial charge in [-0.3, -0.25) is 0 Å². The molecular formula is C13H19N3O2. The average molecular weight is 249 g/mol. The van der Waals surface area contributed by atoms with Gasteiger partial charge in [0, 0.05) is 5.69 Å². The number of hydrogen-bond acceptors (Lipinski definition) is 4. The Morgan fingerprint density at radius 1 is 1.50 bits per heavy atom. The smallest absolute Gasteiger partial charge is 0.224 e. The van der Waals surface area contributed by atoms with Crippen LogP contribution in [0.15, 0.2) is 11.2 Å². The van der Waals surface area contributed by atoms with Crippen molar-refractivity contribution in [2.75, 3.05) is 6.61 Å². The average Bonchev–Trinajstić information content (AvgIpc) is 2.43. The van der Waals surface area contributed by atoms with Crippen molar-refractivity contribution in [1.82, 2.24) is 4.98 Å². The van der Waals surface area contributed by atoms with Crippen LogP contribution >= 0.6 is 0 Å². The van der Waals surface area contributed by atoms with Crippen molar-refractivity contribution in [2.24, 2.45) is 10.9 Å². The lowest BCUT2D eigenvalue weighted by atomic mass is 9.95. The van der Waals surface area contributed by atoms with E-state index in [2.05, 4.69) is 10.1 Å². The zero-order valence-electron chi connectivity index (χ0n) is 10.6. The Morgan fingerprint density at radius 2 is 2.28 bits per heavy atom. The predicted molar refractivity (Wildman–Crippen MR) is 69.2 cm³/mol. The number of ether oxygens (including phenoxy) is 1. The van der Waals surface area contributed by atoms with Gasteiger partial charge in [-0.1, -0.05) is 12.1 Å². The van der Waals surface area contributed by atoms with Crippen LogP contribution in [0.25, 0.3) is 0 Å². The van der Waals surface area contributed by atoms with Gasteiger partial charge in [0.2, 0.25) is 5.88 Å². The van der Waals surface area contributed by atoms with Gasteiger partial charge >= 0.3 is 0 Å². The standard InChI is InChI=1S/C13H19N3O2/c1-2-7-18-13-10(12(14)16-17)8-9-5-3-4-6-11(9)15-13/h8,17H,2-7H2,1H3,(H2,14,16). The summed E-state index contributed by atoms with van der Waals surface area (Å²) in [6.45, 7) is 2.61. The van der Waals surface area contributed by atoms with Crippen LogP contribution in [0, 0.1) is 0 Å². The topological polar surface area (TPSA) is 80.7 Å². The number of hydrogen-bond donors (Lipinski definition) is 2. The maximum atomic E-state index is 8.82.